The van der Waals surface area contributed by atoms with Crippen molar-refractivity contribution < 1.29 is 13.2 Å². The normalized spacial score (nSPS) is 17.4. The van der Waals surface area contributed by atoms with E-state index in [0.717, 1.165) is 24.0 Å². The molecule has 0 radical (unpaired) electrons. The van der Waals surface area contributed by atoms with E-state index in [0.29, 0.717) is 42.7 Å². The van der Waals surface area contributed by atoms with E-state index < -0.39 is 16.1 Å². The number of carbonyl (C=O) groups excluding carboxylic acids is 1. The number of carbonyl (C=O) groups is 1. The van der Waals surface area contributed by atoms with Crippen LogP contribution in [0.3, 0.4) is 0 Å². The van der Waals surface area contributed by atoms with E-state index in [2.05, 4.69) is 17.7 Å². The maximum absolute atomic E-state index is 13.4. The third-order valence-electron chi connectivity index (χ3n) is 6.44. The number of piperidine rings is 1. The summed E-state index contributed by atoms with van der Waals surface area (Å²) in [4.78, 5) is 15.2. The fourth-order valence-electron chi connectivity index (χ4n) is 4.36. The maximum atomic E-state index is 13.4. The number of allylic oxidation sites excluding steroid dienone is 1. The van der Waals surface area contributed by atoms with E-state index >= 15 is 0 Å². The van der Waals surface area contributed by atoms with Gasteiger partial charge in [-0.25, -0.2) is 8.42 Å². The van der Waals surface area contributed by atoms with Gasteiger partial charge in [-0.15, -0.1) is 0 Å². The average molecular weight is 487 g/mol. The molecule has 1 aliphatic carbocycles. The van der Waals surface area contributed by atoms with Crippen LogP contribution in [0.15, 0.2) is 47.5 Å². The number of fused-ring (bicyclic) bond motifs is 1. The van der Waals surface area contributed by atoms with Crippen LogP contribution in [0.1, 0.15) is 43.0 Å². The second-order valence-corrected chi connectivity index (χ2v) is 10.9. The summed E-state index contributed by atoms with van der Waals surface area (Å²) in [7, 11) is -3.94. The third-order valence-corrected chi connectivity index (χ3v) is 8.27. The van der Waals surface area contributed by atoms with Gasteiger partial charge in [-0.3, -0.25) is 4.79 Å². The molecular formula is C24H27ClN4O3S. The molecule has 0 spiro atoms. The van der Waals surface area contributed by atoms with Crippen LogP contribution in [0.5, 0.6) is 0 Å². The second-order valence-electron chi connectivity index (χ2n) is 8.74. The van der Waals surface area contributed by atoms with Gasteiger partial charge < -0.3 is 9.47 Å². The lowest BCUT2D eigenvalue weighted by atomic mass is 9.98. The van der Waals surface area contributed by atoms with Crippen molar-refractivity contribution >= 4 is 32.6 Å². The Morgan fingerprint density at radius 2 is 2.06 bits per heavy atom. The van der Waals surface area contributed by atoms with Gasteiger partial charge in [0.2, 0.25) is 15.9 Å². The molecule has 7 nitrogen and oxygen atoms in total. The van der Waals surface area contributed by atoms with Gasteiger partial charge in [0.25, 0.3) is 0 Å². The number of rotatable bonds is 7. The Bertz CT molecular complexity index is 1220. The molecule has 174 valence electrons. The molecule has 1 amide bonds. The highest BCUT2D eigenvalue weighted by molar-refractivity contribution is 7.89. The Kier molecular flexibility index (Phi) is 6.94. The van der Waals surface area contributed by atoms with E-state index in [9.17, 15) is 18.5 Å². The van der Waals surface area contributed by atoms with Crippen molar-refractivity contribution in [3.8, 4) is 6.07 Å². The predicted molar refractivity (Wildman–Crippen MR) is 127 cm³/mol. The number of benzene rings is 1. The first-order valence-corrected chi connectivity index (χ1v) is 13.0. The Labute approximate surface area is 199 Å². The summed E-state index contributed by atoms with van der Waals surface area (Å²) in [5.74, 6) is 0.330. The summed E-state index contributed by atoms with van der Waals surface area (Å²) in [6.45, 7) is 3.75. The first kappa shape index (κ1) is 23.6. The minimum absolute atomic E-state index is 0.116. The van der Waals surface area contributed by atoms with Gasteiger partial charge in [0.1, 0.15) is 17.8 Å². The first-order valence-electron chi connectivity index (χ1n) is 11.1. The number of hydrogen-bond donors (Lipinski definition) is 1. The number of nitrogens with one attached hydrogen (secondary N) is 1. The van der Waals surface area contributed by atoms with Crippen LogP contribution >= 0.6 is 11.6 Å². The monoisotopic (exact) mass is 486 g/mol. The van der Waals surface area contributed by atoms with E-state index in [1.807, 2.05) is 6.08 Å². The Morgan fingerprint density at radius 3 is 2.79 bits per heavy atom. The van der Waals surface area contributed by atoms with E-state index in [4.69, 9.17) is 11.6 Å². The fourth-order valence-corrected chi connectivity index (χ4v) is 5.90. The molecule has 1 aromatic carbocycles. The Morgan fingerprint density at radius 1 is 1.30 bits per heavy atom. The molecule has 1 aromatic heterocycles. The summed E-state index contributed by atoms with van der Waals surface area (Å²) in [6.07, 6.45) is 6.24. The number of aromatic nitrogens is 1. The molecule has 0 bridgehead atoms. The van der Waals surface area contributed by atoms with Crippen molar-refractivity contribution in [2.45, 2.75) is 50.1 Å². The molecule has 2 heterocycles. The molecule has 0 saturated carbocycles. The van der Waals surface area contributed by atoms with Crippen LogP contribution in [0.2, 0.25) is 0 Å². The average Bonchev–Trinajstić information content (AvgIpc) is 3.42. The second kappa shape index (κ2) is 9.72. The number of likely N-dealkylation sites (tertiary alicyclic amines) is 1. The van der Waals surface area contributed by atoms with Gasteiger partial charge in [0, 0.05) is 30.9 Å². The van der Waals surface area contributed by atoms with Gasteiger partial charge in [-0.2, -0.15) is 9.98 Å². The number of nitriles is 1. The molecule has 1 atom stereocenters. The standard InChI is InChI=1S/C24H27ClN4O3S/c1-17-8-12-29(13-9-17)24(30)23(10-14-28-11-2-3-19(28)16-26)27-33(31,32)20-5-6-21-18(15-20)4-7-22(21)25/h2-3,5-7,11,15,17,23,27H,4,8-10,12-14H2,1H3. The molecular weight excluding hydrogens is 460 g/mol. The molecule has 1 fully saturated rings. The first-order chi connectivity index (χ1) is 15.8. The number of hydrogen-bond acceptors (Lipinski definition) is 4. The SMILES string of the molecule is CC1CCN(C(=O)C(CCn2cccc2C#N)NS(=O)(=O)c2ccc3c(c2)CC=C3Cl)CC1. The molecule has 1 saturated heterocycles. The van der Waals surface area contributed by atoms with Crippen LogP contribution in [0, 0.1) is 17.2 Å². The van der Waals surface area contributed by atoms with Crippen LogP contribution in [-0.4, -0.2) is 42.9 Å². The van der Waals surface area contributed by atoms with Gasteiger partial charge in [-0.05, 0) is 67.0 Å². The molecule has 1 N–H and O–H groups in total. The van der Waals surface area contributed by atoms with E-state index in [1.54, 1.807) is 39.9 Å². The highest BCUT2D eigenvalue weighted by atomic mass is 35.5. The van der Waals surface area contributed by atoms with Crippen molar-refractivity contribution in [2.75, 3.05) is 13.1 Å². The van der Waals surface area contributed by atoms with Crippen molar-refractivity contribution in [1.29, 1.82) is 5.26 Å². The molecule has 1 aliphatic heterocycles. The van der Waals surface area contributed by atoms with Gasteiger partial charge >= 0.3 is 0 Å². The number of nitrogens with zero attached hydrogens (tertiary/aromatic N) is 3. The molecule has 1 unspecified atom stereocenters. The van der Waals surface area contributed by atoms with Crippen LogP contribution < -0.4 is 4.72 Å². The lowest BCUT2D eigenvalue weighted by Gasteiger charge is -2.33. The van der Waals surface area contributed by atoms with Gasteiger partial charge in [-0.1, -0.05) is 30.7 Å². The smallest absolute Gasteiger partial charge is 0.241 e. The minimum atomic E-state index is -3.94. The lowest BCUT2D eigenvalue weighted by molar-refractivity contribution is -0.134. The van der Waals surface area contributed by atoms with Crippen molar-refractivity contribution in [1.82, 2.24) is 14.2 Å². The molecule has 2 aliphatic rings. The number of halogens is 1. The minimum Gasteiger partial charge on any atom is -0.341 e. The molecule has 4 rings (SSSR count). The Hall–Kier alpha value is -2.60. The summed E-state index contributed by atoms with van der Waals surface area (Å²) in [5, 5.41) is 9.89. The zero-order chi connectivity index (χ0) is 23.6. The van der Waals surface area contributed by atoms with Crippen molar-refractivity contribution in [3.05, 3.63) is 59.4 Å². The summed E-state index contributed by atoms with van der Waals surface area (Å²) in [6, 6.07) is 9.48. The predicted octanol–water partition coefficient (Wildman–Crippen LogP) is 3.49. The number of amides is 1. The zero-order valence-corrected chi connectivity index (χ0v) is 20.1. The van der Waals surface area contributed by atoms with Crippen LogP contribution in [0.4, 0.5) is 0 Å². The third kappa shape index (κ3) is 5.16. The van der Waals surface area contributed by atoms with Crippen LogP contribution in [0.25, 0.3) is 5.03 Å². The Balaban J connectivity index is 1.55. The highest BCUT2D eigenvalue weighted by Crippen LogP contribution is 2.32. The van der Waals surface area contributed by atoms with Crippen LogP contribution in [-0.2, 0) is 27.8 Å². The van der Waals surface area contributed by atoms with Gasteiger partial charge in [0.15, 0.2) is 0 Å². The highest BCUT2D eigenvalue weighted by Gasteiger charge is 2.31. The lowest BCUT2D eigenvalue weighted by Crippen LogP contribution is -2.50. The summed E-state index contributed by atoms with van der Waals surface area (Å²) in [5.41, 5.74) is 2.16. The van der Waals surface area contributed by atoms with Crippen molar-refractivity contribution in [2.24, 2.45) is 5.92 Å². The molecule has 2 aromatic rings. The number of aryl methyl sites for hydroxylation is 1. The molecule has 33 heavy (non-hydrogen) atoms. The zero-order valence-electron chi connectivity index (χ0n) is 18.5. The topological polar surface area (TPSA) is 95.2 Å². The van der Waals surface area contributed by atoms with Crippen molar-refractivity contribution in [3.63, 3.8) is 0 Å². The van der Waals surface area contributed by atoms with E-state index in [-0.39, 0.29) is 17.2 Å². The summed E-state index contributed by atoms with van der Waals surface area (Å²) < 4.78 is 30.9. The quantitative estimate of drug-likeness (QED) is 0.648. The van der Waals surface area contributed by atoms with E-state index in [1.165, 1.54) is 6.07 Å². The van der Waals surface area contributed by atoms with Gasteiger partial charge in [0.05, 0.1) is 4.90 Å². The maximum Gasteiger partial charge on any atom is 0.241 e. The molecule has 9 heteroatoms. The largest absolute Gasteiger partial charge is 0.341 e. The fraction of sp³-hybridized carbons (Fsp3) is 0.417. The number of sulfonamides is 1. The summed E-state index contributed by atoms with van der Waals surface area (Å²) >= 11 is 6.17.